The first kappa shape index (κ1) is 32.7. The molecule has 3 aromatic heterocycles. The Morgan fingerprint density at radius 3 is 1.28 bits per heavy atom. The predicted octanol–water partition coefficient (Wildman–Crippen LogP) is 13.5. The van der Waals surface area contributed by atoms with Crippen LogP contribution in [0.1, 0.15) is 0 Å². The van der Waals surface area contributed by atoms with Gasteiger partial charge >= 0.3 is 0 Å². The largest absolute Gasteiger partial charge is 0.455 e. The topological polar surface area (TPSA) is 64.7 Å². The van der Waals surface area contributed by atoms with E-state index >= 15 is 0 Å². The van der Waals surface area contributed by atoms with E-state index in [9.17, 15) is 0 Å². The van der Waals surface area contributed by atoms with Crippen molar-refractivity contribution in [2.45, 2.75) is 0 Å². The van der Waals surface area contributed by atoms with Crippen LogP contribution in [0.25, 0.3) is 111 Å². The molecule has 57 heavy (non-hydrogen) atoms. The van der Waals surface area contributed by atoms with E-state index in [1.165, 1.54) is 0 Å². The molecule has 0 spiro atoms. The highest BCUT2D eigenvalue weighted by atomic mass is 16.3. The molecule has 0 radical (unpaired) electrons. The molecule has 3 heterocycles. The average molecular weight is 729 g/mol. The van der Waals surface area contributed by atoms with Crippen molar-refractivity contribution >= 4 is 43.5 Å². The summed E-state index contributed by atoms with van der Waals surface area (Å²) in [6.45, 7) is 0. The molecule has 8 aromatic carbocycles. The molecule has 11 rings (SSSR count). The van der Waals surface area contributed by atoms with E-state index in [2.05, 4.69) is 181 Å². The summed E-state index contributed by atoms with van der Waals surface area (Å²) in [5.74, 6) is 1.89. The molecule has 0 fully saturated rings. The van der Waals surface area contributed by atoms with E-state index in [4.69, 9.17) is 19.4 Å². The summed E-state index contributed by atoms with van der Waals surface area (Å²) in [5, 5.41) is 6.64. The van der Waals surface area contributed by atoms with Crippen molar-refractivity contribution in [1.29, 1.82) is 0 Å². The van der Waals surface area contributed by atoms with Gasteiger partial charge in [-0.15, -0.1) is 0 Å². The van der Waals surface area contributed by atoms with E-state index in [0.29, 0.717) is 17.5 Å². The van der Waals surface area contributed by atoms with Crippen LogP contribution in [0.5, 0.6) is 0 Å². The summed E-state index contributed by atoms with van der Waals surface area (Å²) in [6.07, 6.45) is 3.68. The minimum atomic E-state index is 0.614. The van der Waals surface area contributed by atoms with Crippen LogP contribution in [0.15, 0.2) is 199 Å². The molecule has 0 aliphatic rings. The van der Waals surface area contributed by atoms with Crippen molar-refractivity contribution < 1.29 is 4.42 Å². The molecule has 0 saturated carbocycles. The molecule has 0 amide bonds. The number of rotatable bonds is 6. The molecule has 5 nitrogen and oxygen atoms in total. The van der Waals surface area contributed by atoms with Gasteiger partial charge in [0.1, 0.15) is 11.2 Å². The lowest BCUT2D eigenvalue weighted by Gasteiger charge is -2.12. The van der Waals surface area contributed by atoms with Gasteiger partial charge in [0.25, 0.3) is 0 Å². The quantitative estimate of drug-likeness (QED) is 0.171. The van der Waals surface area contributed by atoms with Gasteiger partial charge in [-0.25, -0.2) is 15.0 Å². The van der Waals surface area contributed by atoms with Crippen LogP contribution in [-0.2, 0) is 0 Å². The number of para-hydroxylation sites is 2. The van der Waals surface area contributed by atoms with E-state index in [1.807, 2.05) is 12.3 Å². The van der Waals surface area contributed by atoms with Crippen molar-refractivity contribution in [3.8, 4) is 67.5 Å². The van der Waals surface area contributed by atoms with Crippen LogP contribution >= 0.6 is 0 Å². The molecule has 0 aliphatic heterocycles. The molecule has 0 unspecified atom stereocenters. The molecule has 0 N–H and O–H groups in total. The van der Waals surface area contributed by atoms with Crippen LogP contribution < -0.4 is 0 Å². The highest BCUT2D eigenvalue weighted by Crippen LogP contribution is 2.41. The fourth-order valence-corrected chi connectivity index (χ4v) is 8.04. The fourth-order valence-electron chi connectivity index (χ4n) is 8.04. The number of aromatic nitrogens is 4. The molecular weight excluding hydrogens is 697 g/mol. The van der Waals surface area contributed by atoms with Gasteiger partial charge in [-0.1, -0.05) is 176 Å². The maximum Gasteiger partial charge on any atom is 0.164 e. The third-order valence-electron chi connectivity index (χ3n) is 10.9. The van der Waals surface area contributed by atoms with Gasteiger partial charge in [-0.05, 0) is 49.9 Å². The number of hydrogen-bond acceptors (Lipinski definition) is 5. The van der Waals surface area contributed by atoms with E-state index in [0.717, 1.165) is 93.6 Å². The van der Waals surface area contributed by atoms with Crippen LogP contribution in [0.4, 0.5) is 0 Å². The first-order valence-corrected chi connectivity index (χ1v) is 19.0. The number of furan rings is 1. The summed E-state index contributed by atoms with van der Waals surface area (Å²) in [4.78, 5) is 19.7. The standard InChI is InChI=1S/C52H32N4O/c1-3-15-40-34(10-1)12-5-21-46(40)51-54-50(55-52(56-51)47-22-6-13-35-11-2-4-16-41(35)47)38-29-27-37(28-30-38)43-18-8-20-45-44-19-7-17-42(48(44)57-49(43)45)36-25-23-33(24-26-36)39-14-9-31-53-32-39/h1-32H. The number of nitrogens with zero attached hydrogens (tertiary/aromatic N) is 4. The van der Waals surface area contributed by atoms with Crippen molar-refractivity contribution in [3.05, 3.63) is 194 Å². The maximum absolute atomic E-state index is 6.81. The number of fused-ring (bicyclic) bond motifs is 5. The molecule has 266 valence electrons. The summed E-state index contributed by atoms with van der Waals surface area (Å²) >= 11 is 0. The van der Waals surface area contributed by atoms with Gasteiger partial charge in [0.15, 0.2) is 17.5 Å². The lowest BCUT2D eigenvalue weighted by molar-refractivity contribution is 0.671. The van der Waals surface area contributed by atoms with Gasteiger partial charge in [0.05, 0.1) is 0 Å². The molecule has 5 heteroatoms. The molecule has 0 bridgehead atoms. The second kappa shape index (κ2) is 13.5. The van der Waals surface area contributed by atoms with Crippen LogP contribution in [-0.4, -0.2) is 19.9 Å². The van der Waals surface area contributed by atoms with Crippen LogP contribution in [0.3, 0.4) is 0 Å². The summed E-state index contributed by atoms with van der Waals surface area (Å²) in [7, 11) is 0. The van der Waals surface area contributed by atoms with Crippen molar-refractivity contribution in [2.75, 3.05) is 0 Å². The van der Waals surface area contributed by atoms with Crippen LogP contribution in [0, 0.1) is 0 Å². The maximum atomic E-state index is 6.81. The first-order valence-electron chi connectivity index (χ1n) is 19.0. The van der Waals surface area contributed by atoms with Gasteiger partial charge in [-0.2, -0.15) is 0 Å². The van der Waals surface area contributed by atoms with Crippen molar-refractivity contribution in [2.24, 2.45) is 0 Å². The highest BCUT2D eigenvalue weighted by Gasteiger charge is 2.18. The number of pyridine rings is 1. The Morgan fingerprint density at radius 2 is 0.737 bits per heavy atom. The predicted molar refractivity (Wildman–Crippen MR) is 233 cm³/mol. The Hall–Kier alpha value is -7.76. The highest BCUT2D eigenvalue weighted by molar-refractivity contribution is 6.13. The smallest absolute Gasteiger partial charge is 0.164 e. The van der Waals surface area contributed by atoms with Crippen molar-refractivity contribution in [3.63, 3.8) is 0 Å². The average Bonchev–Trinajstić information content (AvgIpc) is 3.68. The number of benzene rings is 8. The summed E-state index contributed by atoms with van der Waals surface area (Å²) < 4.78 is 6.81. The number of hydrogen-bond donors (Lipinski definition) is 0. The zero-order chi connectivity index (χ0) is 37.7. The Balaban J connectivity index is 1.01. The third kappa shape index (κ3) is 5.72. The Morgan fingerprint density at radius 1 is 0.298 bits per heavy atom. The molecule has 0 saturated heterocycles. The van der Waals surface area contributed by atoms with Crippen LogP contribution in [0.2, 0.25) is 0 Å². The Bertz CT molecular complexity index is 3170. The Kier molecular flexibility index (Phi) is 7.74. The SMILES string of the molecule is c1cncc(-c2ccc(-c3cccc4c3oc3c(-c5ccc(-c6nc(-c7cccc8ccccc78)nc(-c7cccc8ccccc78)n6)cc5)cccc34)cc2)c1. The summed E-state index contributed by atoms with van der Waals surface area (Å²) in [6, 6.07) is 63.1. The lowest BCUT2D eigenvalue weighted by Crippen LogP contribution is -2.01. The summed E-state index contributed by atoms with van der Waals surface area (Å²) in [5.41, 5.74) is 11.0. The normalized spacial score (nSPS) is 11.5. The van der Waals surface area contributed by atoms with Gasteiger partial charge in [-0.3, -0.25) is 4.98 Å². The molecule has 0 aliphatic carbocycles. The zero-order valence-electron chi connectivity index (χ0n) is 30.7. The van der Waals surface area contributed by atoms with E-state index in [1.54, 1.807) is 6.20 Å². The molecular formula is C52H32N4O. The first-order chi connectivity index (χ1) is 28.2. The van der Waals surface area contributed by atoms with E-state index < -0.39 is 0 Å². The minimum Gasteiger partial charge on any atom is -0.455 e. The fraction of sp³-hybridized carbons (Fsp3) is 0. The lowest BCUT2D eigenvalue weighted by atomic mass is 9.98. The second-order valence-corrected chi connectivity index (χ2v) is 14.2. The van der Waals surface area contributed by atoms with Gasteiger partial charge in [0.2, 0.25) is 0 Å². The van der Waals surface area contributed by atoms with Gasteiger partial charge in [0, 0.05) is 51.0 Å². The minimum absolute atomic E-state index is 0.614. The van der Waals surface area contributed by atoms with Crippen molar-refractivity contribution in [1.82, 2.24) is 19.9 Å². The molecule has 11 aromatic rings. The Labute approximate surface area is 328 Å². The van der Waals surface area contributed by atoms with E-state index in [-0.39, 0.29) is 0 Å². The second-order valence-electron chi connectivity index (χ2n) is 14.2. The zero-order valence-corrected chi connectivity index (χ0v) is 30.7. The third-order valence-corrected chi connectivity index (χ3v) is 10.9. The van der Waals surface area contributed by atoms with Gasteiger partial charge < -0.3 is 4.42 Å². The molecule has 0 atom stereocenters. The monoisotopic (exact) mass is 728 g/mol.